The predicted octanol–water partition coefficient (Wildman–Crippen LogP) is -0.376. The average molecular weight is 321 g/mol. The van der Waals surface area contributed by atoms with Gasteiger partial charge in [-0.05, 0) is 6.07 Å². The van der Waals surface area contributed by atoms with Gasteiger partial charge in [-0.3, -0.25) is 14.6 Å². The summed E-state index contributed by atoms with van der Waals surface area (Å²) >= 11 is 0. The Morgan fingerprint density at radius 1 is 1.30 bits per heavy atom. The first-order valence-corrected chi connectivity index (χ1v) is 6.58. The number of carboxylic acid groups (broad SMARTS) is 1. The number of hydrogen-bond acceptors (Lipinski definition) is 6. The van der Waals surface area contributed by atoms with E-state index in [0.717, 1.165) is 0 Å². The number of carboxylic acids is 1. The van der Waals surface area contributed by atoms with E-state index in [1.165, 1.54) is 14.2 Å². The minimum absolute atomic E-state index is 0.00240. The number of hydrogen-bond donors (Lipinski definition) is 2. The van der Waals surface area contributed by atoms with Crippen LogP contribution in [0.25, 0.3) is 0 Å². The fourth-order valence-electron chi connectivity index (χ4n) is 2.09. The van der Waals surface area contributed by atoms with Gasteiger partial charge in [-0.1, -0.05) is 12.1 Å². The maximum Gasteiger partial charge on any atom is 0.345 e. The van der Waals surface area contributed by atoms with Gasteiger partial charge in [0.15, 0.2) is 11.5 Å². The third kappa shape index (κ3) is 3.57. The second-order valence-corrected chi connectivity index (χ2v) is 4.59. The summed E-state index contributed by atoms with van der Waals surface area (Å²) < 4.78 is 11.1. The first-order valence-electron chi connectivity index (χ1n) is 6.58. The lowest BCUT2D eigenvalue weighted by Crippen LogP contribution is -2.36. The number of aliphatic carboxylic acids is 1. The monoisotopic (exact) mass is 321 g/mol. The van der Waals surface area contributed by atoms with Gasteiger partial charge in [0.05, 0.1) is 14.2 Å². The summed E-state index contributed by atoms with van der Waals surface area (Å²) in [6.07, 6.45) is 0.0512. The van der Waals surface area contributed by atoms with Crippen LogP contribution in [-0.4, -0.2) is 40.1 Å². The molecule has 9 nitrogen and oxygen atoms in total. The summed E-state index contributed by atoms with van der Waals surface area (Å²) in [5.74, 6) is -0.316. The topological polar surface area (TPSA) is 124 Å². The molecule has 122 valence electrons. The largest absolute Gasteiger partial charge is 0.493 e. The molecule has 2 rings (SSSR count). The number of nitrogens with one attached hydrogen (secondary N) is 1. The molecule has 0 saturated heterocycles. The Morgan fingerprint density at radius 3 is 2.65 bits per heavy atom. The summed E-state index contributed by atoms with van der Waals surface area (Å²) in [5.41, 5.74) is -0.942. The van der Waals surface area contributed by atoms with Crippen molar-refractivity contribution in [2.24, 2.45) is 0 Å². The van der Waals surface area contributed by atoms with E-state index < -0.39 is 23.8 Å². The highest BCUT2D eigenvalue weighted by atomic mass is 16.5. The van der Waals surface area contributed by atoms with E-state index in [1.54, 1.807) is 18.2 Å². The quantitative estimate of drug-likeness (QED) is 0.743. The number of carbonyl (C=O) groups is 1. The van der Waals surface area contributed by atoms with E-state index in [0.29, 0.717) is 21.7 Å². The standard InChI is InChI=1S/C14H15N3O6/c1-22-10-5-3-4-8(12(10)23-2)6-9-13(20)15-14(21)17(16-9)7-11(18)19/h3-5H,6-7H2,1-2H3,(H,18,19)(H,15,20,21). The van der Waals surface area contributed by atoms with E-state index in [-0.39, 0.29) is 12.1 Å². The molecule has 0 unspecified atom stereocenters. The third-order valence-electron chi connectivity index (χ3n) is 3.09. The number of rotatable bonds is 6. The summed E-state index contributed by atoms with van der Waals surface area (Å²) in [7, 11) is 2.95. The van der Waals surface area contributed by atoms with Gasteiger partial charge in [-0.25, -0.2) is 9.48 Å². The molecule has 0 aliphatic heterocycles. The third-order valence-corrected chi connectivity index (χ3v) is 3.09. The molecule has 9 heteroatoms. The number of benzene rings is 1. The Morgan fingerprint density at radius 2 is 2.04 bits per heavy atom. The normalized spacial score (nSPS) is 10.3. The highest BCUT2D eigenvalue weighted by Crippen LogP contribution is 2.31. The zero-order chi connectivity index (χ0) is 17.0. The lowest BCUT2D eigenvalue weighted by atomic mass is 10.1. The molecule has 0 aliphatic rings. The Balaban J connectivity index is 2.46. The average Bonchev–Trinajstić information content (AvgIpc) is 2.51. The highest BCUT2D eigenvalue weighted by Gasteiger charge is 2.15. The van der Waals surface area contributed by atoms with Gasteiger partial charge in [-0.15, -0.1) is 0 Å². The number of aromatic nitrogens is 3. The van der Waals surface area contributed by atoms with Crippen molar-refractivity contribution >= 4 is 5.97 Å². The van der Waals surface area contributed by atoms with Crippen molar-refractivity contribution in [1.29, 1.82) is 0 Å². The molecule has 2 aromatic rings. The summed E-state index contributed by atoms with van der Waals surface area (Å²) in [6, 6.07) is 5.14. The van der Waals surface area contributed by atoms with E-state index in [2.05, 4.69) is 10.1 Å². The lowest BCUT2D eigenvalue weighted by Gasteiger charge is -2.12. The molecule has 0 saturated carbocycles. The van der Waals surface area contributed by atoms with Crippen LogP contribution < -0.4 is 20.7 Å². The second-order valence-electron chi connectivity index (χ2n) is 4.59. The van der Waals surface area contributed by atoms with Crippen LogP contribution in [0, 0.1) is 0 Å². The molecule has 1 aromatic heterocycles. The van der Waals surface area contributed by atoms with Crippen LogP contribution >= 0.6 is 0 Å². The second kappa shape index (κ2) is 6.77. The number of nitrogens with zero attached hydrogens (tertiary/aromatic N) is 2. The minimum atomic E-state index is -1.24. The molecule has 0 spiro atoms. The predicted molar refractivity (Wildman–Crippen MR) is 79.1 cm³/mol. The molecule has 0 amide bonds. The Kier molecular flexibility index (Phi) is 4.79. The molecule has 0 radical (unpaired) electrons. The smallest absolute Gasteiger partial charge is 0.345 e. The van der Waals surface area contributed by atoms with E-state index in [9.17, 15) is 14.4 Å². The Labute approximate surface area is 130 Å². The molecule has 0 aliphatic carbocycles. The summed E-state index contributed by atoms with van der Waals surface area (Å²) in [6.45, 7) is -0.641. The van der Waals surface area contributed by atoms with Gasteiger partial charge in [0, 0.05) is 12.0 Å². The molecule has 1 heterocycles. The molecular weight excluding hydrogens is 306 g/mol. The van der Waals surface area contributed by atoms with Crippen LogP contribution in [0.1, 0.15) is 11.3 Å². The van der Waals surface area contributed by atoms with Crippen LogP contribution in [0.2, 0.25) is 0 Å². The Hall–Kier alpha value is -3.10. The number of ether oxygens (including phenoxy) is 2. The number of aromatic amines is 1. The lowest BCUT2D eigenvalue weighted by molar-refractivity contribution is -0.138. The maximum absolute atomic E-state index is 11.9. The first-order chi connectivity index (χ1) is 11.0. The van der Waals surface area contributed by atoms with Crippen molar-refractivity contribution in [3.63, 3.8) is 0 Å². The highest BCUT2D eigenvalue weighted by molar-refractivity contribution is 5.66. The maximum atomic E-state index is 11.9. The van der Waals surface area contributed by atoms with Gasteiger partial charge in [0.2, 0.25) is 0 Å². The molecule has 0 fully saturated rings. The van der Waals surface area contributed by atoms with Gasteiger partial charge in [0.25, 0.3) is 5.56 Å². The zero-order valence-corrected chi connectivity index (χ0v) is 12.5. The fraction of sp³-hybridized carbons (Fsp3) is 0.286. The van der Waals surface area contributed by atoms with Crippen molar-refractivity contribution in [2.45, 2.75) is 13.0 Å². The number of para-hydroxylation sites is 1. The molecular formula is C14H15N3O6. The van der Waals surface area contributed by atoms with Crippen molar-refractivity contribution in [3.05, 3.63) is 50.3 Å². The minimum Gasteiger partial charge on any atom is -0.493 e. The van der Waals surface area contributed by atoms with E-state index in [1.807, 2.05) is 0 Å². The van der Waals surface area contributed by atoms with Crippen LogP contribution in [0.3, 0.4) is 0 Å². The number of H-pyrrole nitrogens is 1. The fourth-order valence-corrected chi connectivity index (χ4v) is 2.09. The van der Waals surface area contributed by atoms with Crippen LogP contribution in [0.5, 0.6) is 11.5 Å². The van der Waals surface area contributed by atoms with Gasteiger partial charge in [0.1, 0.15) is 12.2 Å². The van der Waals surface area contributed by atoms with Crippen molar-refractivity contribution < 1.29 is 19.4 Å². The van der Waals surface area contributed by atoms with Gasteiger partial charge >= 0.3 is 11.7 Å². The van der Waals surface area contributed by atoms with Crippen LogP contribution in [-0.2, 0) is 17.8 Å². The molecule has 2 N–H and O–H groups in total. The first kappa shape index (κ1) is 16.3. The number of methoxy groups -OCH3 is 2. The molecule has 23 heavy (non-hydrogen) atoms. The summed E-state index contributed by atoms with van der Waals surface area (Å²) in [4.78, 5) is 36.2. The van der Waals surface area contributed by atoms with Crippen molar-refractivity contribution in [2.75, 3.05) is 14.2 Å². The van der Waals surface area contributed by atoms with Crippen LogP contribution in [0.15, 0.2) is 27.8 Å². The molecule has 0 bridgehead atoms. The van der Waals surface area contributed by atoms with Crippen molar-refractivity contribution in [3.8, 4) is 11.5 Å². The van der Waals surface area contributed by atoms with Gasteiger partial charge < -0.3 is 14.6 Å². The summed E-state index contributed by atoms with van der Waals surface area (Å²) in [5, 5.41) is 12.6. The van der Waals surface area contributed by atoms with E-state index >= 15 is 0 Å². The molecule has 1 aromatic carbocycles. The SMILES string of the molecule is COc1cccc(Cc2nn(CC(=O)O)c(=O)[nH]c2=O)c1OC. The zero-order valence-electron chi connectivity index (χ0n) is 12.5. The van der Waals surface area contributed by atoms with Crippen LogP contribution in [0.4, 0.5) is 0 Å². The van der Waals surface area contributed by atoms with Crippen molar-refractivity contribution in [1.82, 2.24) is 14.8 Å². The van der Waals surface area contributed by atoms with Gasteiger partial charge in [-0.2, -0.15) is 5.10 Å². The molecule has 0 atom stereocenters. The van der Waals surface area contributed by atoms with E-state index in [4.69, 9.17) is 14.6 Å². The Bertz CT molecular complexity index is 839.